The summed E-state index contributed by atoms with van der Waals surface area (Å²) in [5.74, 6) is 0.776. The topological polar surface area (TPSA) is 38.1 Å². The molecular formula is C16H11ClN2O. The molecule has 0 fully saturated rings. The quantitative estimate of drug-likeness (QED) is 0.744. The minimum atomic E-state index is -1.23. The third-order valence-corrected chi connectivity index (χ3v) is 4.03. The van der Waals surface area contributed by atoms with E-state index in [-0.39, 0.29) is 0 Å². The lowest BCUT2D eigenvalue weighted by Crippen LogP contribution is -2.32. The summed E-state index contributed by atoms with van der Waals surface area (Å²) in [6.07, 6.45) is 3.50. The summed E-state index contributed by atoms with van der Waals surface area (Å²) in [6.45, 7) is 0. The fraction of sp³-hybridized carbons (Fsp3) is 0.0625. The average Bonchev–Trinajstić information content (AvgIpc) is 3.04. The van der Waals surface area contributed by atoms with E-state index in [1.165, 1.54) is 0 Å². The van der Waals surface area contributed by atoms with Crippen molar-refractivity contribution < 1.29 is 5.11 Å². The molecule has 0 bridgehead atoms. The molecule has 4 rings (SSSR count). The van der Waals surface area contributed by atoms with E-state index in [0.717, 1.165) is 22.5 Å². The molecule has 20 heavy (non-hydrogen) atoms. The van der Waals surface area contributed by atoms with Gasteiger partial charge < -0.3 is 5.11 Å². The first-order chi connectivity index (χ1) is 9.71. The van der Waals surface area contributed by atoms with Crippen LogP contribution in [0.15, 0.2) is 60.9 Å². The van der Waals surface area contributed by atoms with Crippen LogP contribution in [0.5, 0.6) is 0 Å². The van der Waals surface area contributed by atoms with E-state index in [2.05, 4.69) is 4.98 Å². The zero-order valence-corrected chi connectivity index (χ0v) is 11.2. The second kappa shape index (κ2) is 3.95. The molecule has 98 valence electrons. The Labute approximate surface area is 121 Å². The first-order valence-electron chi connectivity index (χ1n) is 6.33. The second-order valence-corrected chi connectivity index (χ2v) is 5.28. The van der Waals surface area contributed by atoms with Crippen molar-refractivity contribution in [3.63, 3.8) is 0 Å². The molecule has 2 aromatic carbocycles. The SMILES string of the molecule is O[C@@]1(c2ccc(Cl)cc2)c2ccccc2-c2nccn21. The number of halogens is 1. The van der Waals surface area contributed by atoms with Gasteiger partial charge >= 0.3 is 0 Å². The van der Waals surface area contributed by atoms with Crippen molar-refractivity contribution in [2.24, 2.45) is 0 Å². The van der Waals surface area contributed by atoms with Crippen molar-refractivity contribution in [3.05, 3.63) is 77.1 Å². The average molecular weight is 283 g/mol. The number of hydrogen-bond acceptors (Lipinski definition) is 2. The summed E-state index contributed by atoms with van der Waals surface area (Å²) in [5.41, 5.74) is 1.33. The van der Waals surface area contributed by atoms with Crippen molar-refractivity contribution in [1.29, 1.82) is 0 Å². The Balaban J connectivity index is 2.04. The molecule has 0 saturated carbocycles. The molecule has 0 saturated heterocycles. The van der Waals surface area contributed by atoms with Gasteiger partial charge in [-0.1, -0.05) is 48.0 Å². The summed E-state index contributed by atoms with van der Waals surface area (Å²) in [7, 11) is 0. The largest absolute Gasteiger partial charge is 0.363 e. The van der Waals surface area contributed by atoms with Crippen LogP contribution in [0.3, 0.4) is 0 Å². The minimum absolute atomic E-state index is 0.648. The van der Waals surface area contributed by atoms with Crippen LogP contribution in [-0.4, -0.2) is 14.7 Å². The Morgan fingerprint density at radius 3 is 2.60 bits per heavy atom. The minimum Gasteiger partial charge on any atom is -0.363 e. The maximum atomic E-state index is 11.3. The molecule has 0 spiro atoms. The first-order valence-corrected chi connectivity index (χ1v) is 6.71. The number of aromatic nitrogens is 2. The van der Waals surface area contributed by atoms with Crippen LogP contribution in [0.4, 0.5) is 0 Å². The zero-order valence-electron chi connectivity index (χ0n) is 10.5. The predicted molar refractivity (Wildman–Crippen MR) is 77.5 cm³/mol. The summed E-state index contributed by atoms with van der Waals surface area (Å²) in [6, 6.07) is 15.0. The third kappa shape index (κ3) is 1.36. The Morgan fingerprint density at radius 2 is 1.80 bits per heavy atom. The molecular weight excluding hydrogens is 272 g/mol. The highest BCUT2D eigenvalue weighted by molar-refractivity contribution is 6.30. The van der Waals surface area contributed by atoms with Gasteiger partial charge in [0.05, 0.1) is 0 Å². The molecule has 0 radical (unpaired) electrons. The fourth-order valence-corrected chi connectivity index (χ4v) is 2.98. The van der Waals surface area contributed by atoms with E-state index in [1.807, 2.05) is 36.4 Å². The molecule has 3 aromatic rings. The molecule has 3 nitrogen and oxygen atoms in total. The van der Waals surface area contributed by atoms with Gasteiger partial charge in [0.15, 0.2) is 5.72 Å². The van der Waals surface area contributed by atoms with E-state index in [1.54, 1.807) is 29.1 Å². The van der Waals surface area contributed by atoms with Gasteiger partial charge in [-0.05, 0) is 12.1 Å². The molecule has 1 aromatic heterocycles. The van der Waals surface area contributed by atoms with Crippen molar-refractivity contribution in [2.75, 3.05) is 0 Å². The Morgan fingerprint density at radius 1 is 1.05 bits per heavy atom. The van der Waals surface area contributed by atoms with E-state index in [9.17, 15) is 5.11 Å². The van der Waals surface area contributed by atoms with E-state index >= 15 is 0 Å². The highest BCUT2D eigenvalue weighted by Gasteiger charge is 2.43. The molecule has 1 atom stereocenters. The number of rotatable bonds is 1. The van der Waals surface area contributed by atoms with Crippen molar-refractivity contribution >= 4 is 11.6 Å². The number of benzene rings is 2. The highest BCUT2D eigenvalue weighted by Crippen LogP contribution is 2.44. The van der Waals surface area contributed by atoms with Crippen molar-refractivity contribution in [2.45, 2.75) is 5.72 Å². The van der Waals surface area contributed by atoms with Gasteiger partial charge in [0, 0.05) is 34.1 Å². The lowest BCUT2D eigenvalue weighted by atomic mass is 9.94. The van der Waals surface area contributed by atoms with Crippen LogP contribution >= 0.6 is 11.6 Å². The van der Waals surface area contributed by atoms with Gasteiger partial charge in [-0.25, -0.2) is 4.98 Å². The number of fused-ring (bicyclic) bond motifs is 3. The third-order valence-electron chi connectivity index (χ3n) is 3.78. The van der Waals surface area contributed by atoms with Gasteiger partial charge in [-0.2, -0.15) is 0 Å². The fourth-order valence-electron chi connectivity index (χ4n) is 2.85. The van der Waals surface area contributed by atoms with E-state index in [0.29, 0.717) is 5.02 Å². The van der Waals surface area contributed by atoms with Gasteiger partial charge in [-0.3, -0.25) is 4.57 Å². The number of imidazole rings is 1. The smallest absolute Gasteiger partial charge is 0.197 e. The second-order valence-electron chi connectivity index (χ2n) is 4.85. The van der Waals surface area contributed by atoms with Crippen LogP contribution in [0.1, 0.15) is 11.1 Å². The van der Waals surface area contributed by atoms with Gasteiger partial charge in [-0.15, -0.1) is 0 Å². The number of hydrogen-bond donors (Lipinski definition) is 1. The standard InChI is InChI=1S/C16H11ClN2O/c17-12-7-5-11(6-8-12)16(20)14-4-2-1-3-13(14)15-18-9-10-19(15)16/h1-10,20H/t16-/m0/s1. The van der Waals surface area contributed by atoms with Gasteiger partial charge in [0.25, 0.3) is 0 Å². The van der Waals surface area contributed by atoms with Crippen molar-refractivity contribution in [3.8, 4) is 11.4 Å². The molecule has 1 aliphatic heterocycles. The van der Waals surface area contributed by atoms with Crippen LogP contribution < -0.4 is 0 Å². The molecule has 0 aliphatic carbocycles. The Hall–Kier alpha value is -2.10. The Bertz CT molecular complexity index is 794. The van der Waals surface area contributed by atoms with Gasteiger partial charge in [0.1, 0.15) is 5.82 Å². The molecule has 4 heteroatoms. The Kier molecular flexibility index (Phi) is 2.31. The molecule has 0 amide bonds. The molecule has 1 N–H and O–H groups in total. The van der Waals surface area contributed by atoms with Crippen LogP contribution in [-0.2, 0) is 5.72 Å². The maximum absolute atomic E-state index is 11.3. The summed E-state index contributed by atoms with van der Waals surface area (Å²) >= 11 is 5.94. The zero-order chi connectivity index (χ0) is 13.7. The molecule has 2 heterocycles. The lowest BCUT2D eigenvalue weighted by Gasteiger charge is -2.27. The van der Waals surface area contributed by atoms with E-state index < -0.39 is 5.72 Å². The lowest BCUT2D eigenvalue weighted by molar-refractivity contribution is 0.0572. The normalized spacial score (nSPS) is 19.7. The summed E-state index contributed by atoms with van der Waals surface area (Å²) in [5, 5.41) is 12.0. The predicted octanol–water partition coefficient (Wildman–Crippen LogP) is 3.26. The van der Waals surface area contributed by atoms with Gasteiger partial charge in [0.2, 0.25) is 0 Å². The monoisotopic (exact) mass is 282 g/mol. The first kappa shape index (κ1) is 11.7. The van der Waals surface area contributed by atoms with E-state index in [4.69, 9.17) is 11.6 Å². The van der Waals surface area contributed by atoms with Crippen LogP contribution in [0, 0.1) is 0 Å². The summed E-state index contributed by atoms with van der Waals surface area (Å²) in [4.78, 5) is 4.35. The van der Waals surface area contributed by atoms with Crippen LogP contribution in [0.2, 0.25) is 5.02 Å². The van der Waals surface area contributed by atoms with Crippen molar-refractivity contribution in [1.82, 2.24) is 9.55 Å². The number of aliphatic hydroxyl groups is 1. The van der Waals surface area contributed by atoms with Crippen LogP contribution in [0.25, 0.3) is 11.4 Å². The number of nitrogens with zero attached hydrogens (tertiary/aromatic N) is 2. The molecule has 1 aliphatic rings. The highest BCUT2D eigenvalue weighted by atomic mass is 35.5. The maximum Gasteiger partial charge on any atom is 0.197 e. The summed E-state index contributed by atoms with van der Waals surface area (Å²) < 4.78 is 1.79. The molecule has 0 unspecified atom stereocenters.